The Morgan fingerprint density at radius 2 is 1.89 bits per heavy atom. The number of hydrogen-bond donors (Lipinski definition) is 2. The summed E-state index contributed by atoms with van der Waals surface area (Å²) in [7, 11) is 0. The number of aromatic nitrogens is 4. The molecule has 3 aromatic rings. The van der Waals surface area contributed by atoms with E-state index in [0.717, 1.165) is 21.5 Å². The monoisotopic (exact) mass is 362 g/mol. The third-order valence-corrected chi connectivity index (χ3v) is 3.56. The Kier molecular flexibility index (Phi) is 5.68. The van der Waals surface area contributed by atoms with Crippen molar-refractivity contribution >= 4 is 17.9 Å². The maximum atomic E-state index is 11.9. The number of amides is 2. The van der Waals surface area contributed by atoms with Gasteiger partial charge in [-0.25, -0.2) is 0 Å². The summed E-state index contributed by atoms with van der Waals surface area (Å²) in [5.74, 6) is -0.487. The molecule has 0 unspecified atom stereocenters. The maximum absolute atomic E-state index is 11.9. The highest BCUT2D eigenvalue weighted by atomic mass is 16.2. The smallest absolute Gasteiger partial charge is 0.262 e. The highest BCUT2D eigenvalue weighted by Crippen LogP contribution is 2.11. The van der Waals surface area contributed by atoms with Gasteiger partial charge in [0.05, 0.1) is 0 Å². The van der Waals surface area contributed by atoms with E-state index >= 15 is 0 Å². The molecule has 0 aliphatic rings. The molecule has 3 rings (SSSR count). The first-order valence-electron chi connectivity index (χ1n) is 8.27. The zero-order valence-electron chi connectivity index (χ0n) is 14.7. The fourth-order valence-corrected chi connectivity index (χ4v) is 2.30. The van der Waals surface area contributed by atoms with Gasteiger partial charge < -0.3 is 0 Å². The maximum Gasteiger partial charge on any atom is 0.262 e. The molecule has 0 aliphatic heterocycles. The van der Waals surface area contributed by atoms with E-state index in [-0.39, 0.29) is 6.54 Å². The predicted octanol–water partition coefficient (Wildman–Crippen LogP) is 1.51. The van der Waals surface area contributed by atoms with E-state index in [0.29, 0.717) is 5.82 Å². The SMILES string of the molecule is Cc1cccc(/C=C/C(=O)NNC(=O)Cn2nnc(-c3ccccc3)n2)c1. The molecule has 1 aromatic heterocycles. The molecule has 0 spiro atoms. The number of benzene rings is 2. The van der Waals surface area contributed by atoms with Gasteiger partial charge in [0.25, 0.3) is 11.8 Å². The second kappa shape index (κ2) is 8.52. The van der Waals surface area contributed by atoms with Crippen molar-refractivity contribution in [2.24, 2.45) is 0 Å². The Balaban J connectivity index is 1.48. The van der Waals surface area contributed by atoms with Crippen LogP contribution < -0.4 is 10.9 Å². The molecule has 0 saturated heterocycles. The fraction of sp³-hybridized carbons (Fsp3) is 0.105. The van der Waals surface area contributed by atoms with Crippen LogP contribution in [0.5, 0.6) is 0 Å². The number of carbonyl (C=O) groups excluding carboxylic acids is 2. The second-order valence-electron chi connectivity index (χ2n) is 5.79. The van der Waals surface area contributed by atoms with E-state index in [2.05, 4.69) is 26.3 Å². The van der Waals surface area contributed by atoms with Gasteiger partial charge in [-0.15, -0.1) is 10.2 Å². The first-order chi connectivity index (χ1) is 13.1. The lowest BCUT2D eigenvalue weighted by Crippen LogP contribution is -2.42. The molecule has 2 N–H and O–H groups in total. The van der Waals surface area contributed by atoms with Crippen LogP contribution in [-0.2, 0) is 16.1 Å². The minimum absolute atomic E-state index is 0.165. The average Bonchev–Trinajstić information content (AvgIpc) is 3.14. The number of aryl methyl sites for hydroxylation is 1. The van der Waals surface area contributed by atoms with Crippen molar-refractivity contribution in [2.45, 2.75) is 13.5 Å². The van der Waals surface area contributed by atoms with Crippen LogP contribution in [-0.4, -0.2) is 32.0 Å². The van der Waals surface area contributed by atoms with Crippen molar-refractivity contribution in [3.8, 4) is 11.4 Å². The van der Waals surface area contributed by atoms with Crippen molar-refractivity contribution in [1.29, 1.82) is 0 Å². The van der Waals surface area contributed by atoms with Gasteiger partial charge in [-0.1, -0.05) is 60.2 Å². The average molecular weight is 362 g/mol. The molecule has 0 radical (unpaired) electrons. The highest BCUT2D eigenvalue weighted by Gasteiger charge is 2.09. The molecule has 27 heavy (non-hydrogen) atoms. The summed E-state index contributed by atoms with van der Waals surface area (Å²) in [5.41, 5.74) is 7.42. The number of hydrazine groups is 1. The first kappa shape index (κ1) is 18.0. The Hall–Kier alpha value is -3.81. The number of carbonyl (C=O) groups is 2. The molecule has 2 amide bonds. The largest absolute Gasteiger partial charge is 0.271 e. The number of hydrogen-bond acceptors (Lipinski definition) is 5. The number of tetrazole rings is 1. The molecule has 0 atom stereocenters. The standard InChI is InChI=1S/C19H18N6O2/c1-14-6-5-7-15(12-14)10-11-17(26)20-21-18(27)13-25-23-19(22-24-25)16-8-3-2-4-9-16/h2-12H,13H2,1H3,(H,20,26)(H,21,27)/b11-10+. The first-order valence-corrected chi connectivity index (χ1v) is 8.27. The summed E-state index contributed by atoms with van der Waals surface area (Å²) in [6.45, 7) is 1.81. The lowest BCUT2D eigenvalue weighted by Gasteiger charge is -2.04. The minimum Gasteiger partial charge on any atom is -0.271 e. The van der Waals surface area contributed by atoms with Crippen LogP contribution in [0.3, 0.4) is 0 Å². The molecule has 0 aliphatic carbocycles. The Morgan fingerprint density at radius 1 is 1.07 bits per heavy atom. The molecule has 0 bridgehead atoms. The molecule has 136 valence electrons. The van der Waals surface area contributed by atoms with Gasteiger partial charge in [-0.05, 0) is 23.8 Å². The third-order valence-electron chi connectivity index (χ3n) is 3.56. The van der Waals surface area contributed by atoms with Crippen molar-refractivity contribution in [2.75, 3.05) is 0 Å². The van der Waals surface area contributed by atoms with Crippen LogP contribution in [0.4, 0.5) is 0 Å². The molecule has 2 aromatic carbocycles. The number of rotatable bonds is 5. The van der Waals surface area contributed by atoms with Gasteiger partial charge in [-0.2, -0.15) is 4.80 Å². The van der Waals surface area contributed by atoms with Crippen molar-refractivity contribution in [1.82, 2.24) is 31.1 Å². The summed E-state index contributed by atoms with van der Waals surface area (Å²) in [5, 5.41) is 11.9. The Morgan fingerprint density at radius 3 is 2.67 bits per heavy atom. The zero-order chi connectivity index (χ0) is 19.1. The quantitative estimate of drug-likeness (QED) is 0.529. The van der Waals surface area contributed by atoms with Gasteiger partial charge in [0.1, 0.15) is 6.54 Å². The summed E-state index contributed by atoms with van der Waals surface area (Å²) in [4.78, 5) is 24.8. The number of nitrogens with zero attached hydrogens (tertiary/aromatic N) is 4. The van der Waals surface area contributed by atoms with E-state index < -0.39 is 11.8 Å². The van der Waals surface area contributed by atoms with Crippen LogP contribution in [0.15, 0.2) is 60.7 Å². The topological polar surface area (TPSA) is 102 Å². The van der Waals surface area contributed by atoms with E-state index in [1.807, 2.05) is 61.5 Å². The zero-order valence-corrected chi connectivity index (χ0v) is 14.7. The molecule has 0 saturated carbocycles. The molecule has 1 heterocycles. The summed E-state index contributed by atoms with van der Waals surface area (Å²) in [6, 6.07) is 17.0. The Bertz CT molecular complexity index is 965. The van der Waals surface area contributed by atoms with Crippen molar-refractivity contribution < 1.29 is 9.59 Å². The van der Waals surface area contributed by atoms with Crippen molar-refractivity contribution in [3.05, 3.63) is 71.8 Å². The van der Waals surface area contributed by atoms with E-state index in [1.54, 1.807) is 6.08 Å². The molecular formula is C19H18N6O2. The van der Waals surface area contributed by atoms with Gasteiger partial charge in [0.15, 0.2) is 0 Å². The highest BCUT2D eigenvalue weighted by molar-refractivity contribution is 5.93. The molecular weight excluding hydrogens is 344 g/mol. The van der Waals surface area contributed by atoms with Gasteiger partial charge in [-0.3, -0.25) is 20.4 Å². The minimum atomic E-state index is -0.468. The van der Waals surface area contributed by atoms with Gasteiger partial charge >= 0.3 is 0 Å². The number of nitrogens with one attached hydrogen (secondary N) is 2. The normalized spacial score (nSPS) is 10.7. The van der Waals surface area contributed by atoms with Crippen molar-refractivity contribution in [3.63, 3.8) is 0 Å². The Labute approximate surface area is 155 Å². The lowest BCUT2D eigenvalue weighted by atomic mass is 10.1. The van der Waals surface area contributed by atoms with Gasteiger partial charge in [0, 0.05) is 11.6 Å². The lowest BCUT2D eigenvalue weighted by molar-refractivity contribution is -0.127. The third kappa shape index (κ3) is 5.33. The van der Waals surface area contributed by atoms with Crippen LogP contribution >= 0.6 is 0 Å². The van der Waals surface area contributed by atoms with Gasteiger partial charge in [0.2, 0.25) is 5.82 Å². The van der Waals surface area contributed by atoms with Crippen LogP contribution in [0.1, 0.15) is 11.1 Å². The van der Waals surface area contributed by atoms with Crippen LogP contribution in [0, 0.1) is 6.92 Å². The molecule has 8 heteroatoms. The summed E-state index contributed by atoms with van der Waals surface area (Å²) >= 11 is 0. The second-order valence-corrected chi connectivity index (χ2v) is 5.79. The van der Waals surface area contributed by atoms with Crippen LogP contribution in [0.25, 0.3) is 17.5 Å². The van der Waals surface area contributed by atoms with E-state index in [9.17, 15) is 9.59 Å². The predicted molar refractivity (Wildman–Crippen MR) is 99.8 cm³/mol. The molecule has 0 fully saturated rings. The van der Waals surface area contributed by atoms with Crippen LogP contribution in [0.2, 0.25) is 0 Å². The summed E-state index contributed by atoms with van der Waals surface area (Å²) < 4.78 is 0. The van der Waals surface area contributed by atoms with E-state index in [1.165, 1.54) is 6.08 Å². The fourth-order valence-electron chi connectivity index (χ4n) is 2.30. The van der Waals surface area contributed by atoms with E-state index in [4.69, 9.17) is 0 Å². The summed E-state index contributed by atoms with van der Waals surface area (Å²) in [6.07, 6.45) is 3.01. The molecule has 8 nitrogen and oxygen atoms in total.